The van der Waals surface area contributed by atoms with Crippen LogP contribution in [0.1, 0.15) is 31.8 Å². The highest BCUT2D eigenvalue weighted by molar-refractivity contribution is 6.12. The van der Waals surface area contributed by atoms with E-state index in [0.717, 1.165) is 5.39 Å². The molecule has 180 valence electrons. The van der Waals surface area contributed by atoms with Gasteiger partial charge in [-0.05, 0) is 48.9 Å². The zero-order chi connectivity index (χ0) is 25.3. The van der Waals surface area contributed by atoms with Gasteiger partial charge in [0.05, 0.1) is 16.8 Å². The summed E-state index contributed by atoms with van der Waals surface area (Å²) in [6.07, 6.45) is -1.68. The van der Waals surface area contributed by atoms with E-state index in [0.29, 0.717) is 40.8 Å². The maximum absolute atomic E-state index is 13.7. The van der Waals surface area contributed by atoms with Crippen molar-refractivity contribution in [2.75, 3.05) is 23.0 Å². The molecular weight excluding hydrogens is 466 g/mol. The summed E-state index contributed by atoms with van der Waals surface area (Å²) < 4.78 is 52.6. The van der Waals surface area contributed by atoms with Crippen molar-refractivity contribution >= 4 is 39.9 Å². The highest BCUT2D eigenvalue weighted by Gasteiger charge is 2.32. The van der Waals surface area contributed by atoms with Gasteiger partial charge in [-0.1, -0.05) is 6.07 Å². The highest BCUT2D eigenvalue weighted by Crippen LogP contribution is 2.31. The fourth-order valence-corrected chi connectivity index (χ4v) is 3.56. The van der Waals surface area contributed by atoms with Crippen molar-refractivity contribution in [1.82, 2.24) is 9.97 Å². The Bertz CT molecular complexity index is 1450. The average molecular weight is 485 g/mol. The van der Waals surface area contributed by atoms with E-state index in [9.17, 15) is 27.2 Å². The highest BCUT2D eigenvalue weighted by atomic mass is 19.4. The summed E-state index contributed by atoms with van der Waals surface area (Å²) in [4.78, 5) is 32.7. The molecule has 35 heavy (non-hydrogen) atoms. The third-order valence-corrected chi connectivity index (χ3v) is 5.31. The standard InChI is InChI=1S/C24H19F4N5O2/c1-12-3-4-16(32-22(34)13-7-14(24(26,27)28)9-15(25)8-13)10-19(12)33-23(35)18-11-31-21-17(5-6-30-21)20(18)29-2/h3-11H,1-2H3,(H,32,34)(H,33,35)(H2,29,30,31). The molecule has 0 aliphatic heterocycles. The molecule has 0 aliphatic rings. The number of carbonyl (C=O) groups excluding carboxylic acids is 2. The molecule has 0 spiro atoms. The lowest BCUT2D eigenvalue weighted by molar-refractivity contribution is -0.137. The Kier molecular flexibility index (Phi) is 6.16. The first-order chi connectivity index (χ1) is 16.6. The largest absolute Gasteiger partial charge is 0.416 e. The fourth-order valence-electron chi connectivity index (χ4n) is 3.56. The molecule has 2 aromatic carbocycles. The van der Waals surface area contributed by atoms with E-state index in [1.54, 1.807) is 32.3 Å². The first-order valence-electron chi connectivity index (χ1n) is 10.3. The van der Waals surface area contributed by atoms with Crippen molar-refractivity contribution in [3.05, 3.63) is 82.9 Å². The molecule has 0 saturated carbocycles. The van der Waals surface area contributed by atoms with Gasteiger partial charge in [0.25, 0.3) is 11.8 Å². The van der Waals surface area contributed by atoms with E-state index < -0.39 is 34.9 Å². The van der Waals surface area contributed by atoms with Crippen LogP contribution in [0.25, 0.3) is 11.0 Å². The third-order valence-electron chi connectivity index (χ3n) is 5.31. The van der Waals surface area contributed by atoms with Gasteiger partial charge in [-0.25, -0.2) is 9.37 Å². The minimum Gasteiger partial charge on any atom is -0.387 e. The van der Waals surface area contributed by atoms with Crippen LogP contribution in [0.5, 0.6) is 0 Å². The van der Waals surface area contributed by atoms with Crippen LogP contribution in [0.2, 0.25) is 0 Å². The Morgan fingerprint density at radius 1 is 1.00 bits per heavy atom. The quantitative estimate of drug-likeness (QED) is 0.278. The van der Waals surface area contributed by atoms with E-state index in [1.165, 1.54) is 18.3 Å². The number of hydrogen-bond acceptors (Lipinski definition) is 4. The predicted molar refractivity (Wildman–Crippen MR) is 124 cm³/mol. The molecule has 0 aliphatic carbocycles. The minimum absolute atomic E-state index is 0.196. The molecule has 4 rings (SSSR count). The van der Waals surface area contributed by atoms with Crippen LogP contribution >= 0.6 is 0 Å². The SMILES string of the molecule is CNc1c(C(=O)Nc2cc(NC(=O)c3cc(F)cc(C(F)(F)F)c3)ccc2C)cnc2[nH]ccc12. The fraction of sp³-hybridized carbons (Fsp3) is 0.125. The smallest absolute Gasteiger partial charge is 0.387 e. The predicted octanol–water partition coefficient (Wildman–Crippen LogP) is 5.58. The van der Waals surface area contributed by atoms with Gasteiger partial charge in [0, 0.05) is 41.8 Å². The molecule has 2 heterocycles. The van der Waals surface area contributed by atoms with Gasteiger partial charge in [-0.15, -0.1) is 0 Å². The second-order valence-corrected chi connectivity index (χ2v) is 7.70. The zero-order valence-corrected chi connectivity index (χ0v) is 18.5. The number of carbonyl (C=O) groups is 2. The molecule has 7 nitrogen and oxygen atoms in total. The van der Waals surface area contributed by atoms with Crippen LogP contribution in [-0.2, 0) is 6.18 Å². The monoisotopic (exact) mass is 485 g/mol. The van der Waals surface area contributed by atoms with Crippen molar-refractivity contribution in [3.63, 3.8) is 0 Å². The van der Waals surface area contributed by atoms with Crippen LogP contribution in [0, 0.1) is 12.7 Å². The van der Waals surface area contributed by atoms with Crippen molar-refractivity contribution in [1.29, 1.82) is 0 Å². The molecule has 0 bridgehead atoms. The number of rotatable bonds is 5. The summed E-state index contributed by atoms with van der Waals surface area (Å²) in [6, 6.07) is 7.96. The number of pyridine rings is 1. The van der Waals surface area contributed by atoms with E-state index in [2.05, 4.69) is 25.9 Å². The molecule has 0 saturated heterocycles. The zero-order valence-electron chi connectivity index (χ0n) is 18.5. The Balaban J connectivity index is 1.58. The van der Waals surface area contributed by atoms with E-state index in [-0.39, 0.29) is 11.3 Å². The third kappa shape index (κ3) is 4.93. The summed E-state index contributed by atoms with van der Waals surface area (Å²) in [7, 11) is 1.68. The second kappa shape index (κ2) is 9.09. The number of benzene rings is 2. The topological polar surface area (TPSA) is 98.9 Å². The molecule has 11 heteroatoms. The summed E-state index contributed by atoms with van der Waals surface area (Å²) in [5, 5.41) is 8.92. The van der Waals surface area contributed by atoms with Crippen LogP contribution in [0.3, 0.4) is 0 Å². The molecule has 0 unspecified atom stereocenters. The van der Waals surface area contributed by atoms with Crippen LogP contribution in [0.4, 0.5) is 34.6 Å². The number of nitrogens with one attached hydrogen (secondary N) is 4. The first-order valence-corrected chi connectivity index (χ1v) is 10.3. The Hall–Kier alpha value is -4.41. The van der Waals surface area contributed by atoms with Crippen LogP contribution in [-0.4, -0.2) is 28.8 Å². The molecule has 2 aromatic heterocycles. The van der Waals surface area contributed by atoms with Crippen molar-refractivity contribution in [3.8, 4) is 0 Å². The number of aromatic amines is 1. The summed E-state index contributed by atoms with van der Waals surface area (Å²) in [6.45, 7) is 1.73. The molecule has 0 radical (unpaired) electrons. The van der Waals surface area contributed by atoms with Gasteiger partial charge in [-0.2, -0.15) is 13.2 Å². The molecule has 0 fully saturated rings. The summed E-state index contributed by atoms with van der Waals surface area (Å²) >= 11 is 0. The number of aromatic nitrogens is 2. The Labute approximate surface area is 196 Å². The summed E-state index contributed by atoms with van der Waals surface area (Å²) in [5.41, 5.74) is 0.929. The Morgan fingerprint density at radius 3 is 2.49 bits per heavy atom. The van der Waals surface area contributed by atoms with Gasteiger partial charge in [0.15, 0.2) is 0 Å². The number of H-pyrrole nitrogens is 1. The lowest BCUT2D eigenvalue weighted by Gasteiger charge is -2.14. The number of anilines is 3. The average Bonchev–Trinajstić information content (AvgIpc) is 3.28. The number of nitrogens with zero attached hydrogens (tertiary/aromatic N) is 1. The number of hydrogen-bond donors (Lipinski definition) is 4. The number of aryl methyl sites for hydroxylation is 1. The van der Waals surface area contributed by atoms with E-state index >= 15 is 0 Å². The first kappa shape index (κ1) is 23.7. The van der Waals surface area contributed by atoms with Crippen LogP contribution in [0.15, 0.2) is 54.9 Å². The summed E-state index contributed by atoms with van der Waals surface area (Å²) in [5.74, 6) is -2.58. The minimum atomic E-state index is -4.80. The lowest BCUT2D eigenvalue weighted by Crippen LogP contribution is -2.17. The van der Waals surface area contributed by atoms with Gasteiger partial charge in [-0.3, -0.25) is 9.59 Å². The maximum atomic E-state index is 13.7. The van der Waals surface area contributed by atoms with E-state index in [4.69, 9.17) is 0 Å². The normalized spacial score (nSPS) is 11.4. The van der Waals surface area contributed by atoms with Crippen LogP contribution < -0.4 is 16.0 Å². The lowest BCUT2D eigenvalue weighted by atomic mass is 10.1. The van der Waals surface area contributed by atoms with Crippen molar-refractivity contribution < 1.29 is 27.2 Å². The molecule has 0 atom stereocenters. The van der Waals surface area contributed by atoms with Gasteiger partial charge >= 0.3 is 6.18 Å². The number of alkyl halides is 3. The Morgan fingerprint density at radius 2 is 1.77 bits per heavy atom. The van der Waals surface area contributed by atoms with Gasteiger partial charge < -0.3 is 20.9 Å². The van der Waals surface area contributed by atoms with Gasteiger partial charge in [0.1, 0.15) is 11.5 Å². The van der Waals surface area contributed by atoms with Gasteiger partial charge in [0.2, 0.25) is 0 Å². The maximum Gasteiger partial charge on any atom is 0.416 e. The molecule has 4 aromatic rings. The molecule has 2 amide bonds. The number of halogens is 4. The molecular formula is C24H19F4N5O2. The molecule has 4 N–H and O–H groups in total. The second-order valence-electron chi connectivity index (χ2n) is 7.70. The van der Waals surface area contributed by atoms with Crippen molar-refractivity contribution in [2.24, 2.45) is 0 Å². The van der Waals surface area contributed by atoms with E-state index in [1.807, 2.05) is 0 Å². The number of fused-ring (bicyclic) bond motifs is 1. The van der Waals surface area contributed by atoms with Crippen molar-refractivity contribution in [2.45, 2.75) is 13.1 Å². The number of amides is 2.